The number of aliphatic hydroxyl groups is 1. The van der Waals surface area contributed by atoms with Gasteiger partial charge in [-0.3, -0.25) is 4.79 Å². The molecule has 1 fully saturated rings. The fourth-order valence-electron chi connectivity index (χ4n) is 2.72. The Labute approximate surface area is 97.1 Å². The highest BCUT2D eigenvalue weighted by Gasteiger charge is 2.42. The van der Waals surface area contributed by atoms with Crippen LogP contribution in [0.2, 0.25) is 0 Å². The summed E-state index contributed by atoms with van der Waals surface area (Å²) in [6.07, 6.45) is 6.57. The number of allylic oxidation sites excluding steroid dienone is 2. The molecule has 0 spiro atoms. The van der Waals surface area contributed by atoms with Crippen molar-refractivity contribution < 1.29 is 9.90 Å². The van der Waals surface area contributed by atoms with Crippen molar-refractivity contribution in [2.24, 2.45) is 17.8 Å². The van der Waals surface area contributed by atoms with Crippen LogP contribution in [0.1, 0.15) is 26.7 Å². The zero-order chi connectivity index (χ0) is 11.9. The number of likely N-dealkylation sites (N-methyl/N-ethyl adjacent to an activating group) is 1. The Morgan fingerprint density at radius 2 is 2.12 bits per heavy atom. The maximum Gasteiger partial charge on any atom is 0.226 e. The first-order valence-corrected chi connectivity index (χ1v) is 6.02. The summed E-state index contributed by atoms with van der Waals surface area (Å²) >= 11 is 0. The van der Waals surface area contributed by atoms with Crippen LogP contribution in [-0.2, 0) is 4.79 Å². The van der Waals surface area contributed by atoms with Gasteiger partial charge in [0.05, 0.1) is 12.1 Å². The molecule has 1 amide bonds. The molecule has 1 N–H and O–H groups in total. The molecule has 3 nitrogen and oxygen atoms in total. The molecule has 0 aromatic carbocycles. The largest absolute Gasteiger partial charge is 0.394 e. The van der Waals surface area contributed by atoms with Crippen LogP contribution < -0.4 is 0 Å². The summed E-state index contributed by atoms with van der Waals surface area (Å²) in [5.41, 5.74) is -0.456. The number of nitrogens with zero attached hydrogens (tertiary/aromatic N) is 1. The molecule has 2 aliphatic carbocycles. The average molecular weight is 223 g/mol. The van der Waals surface area contributed by atoms with E-state index < -0.39 is 5.54 Å². The van der Waals surface area contributed by atoms with Crippen LogP contribution >= 0.6 is 0 Å². The molecular weight excluding hydrogens is 202 g/mol. The van der Waals surface area contributed by atoms with E-state index in [1.807, 2.05) is 13.8 Å². The normalized spacial score (nSPS) is 32.1. The van der Waals surface area contributed by atoms with E-state index in [0.717, 1.165) is 12.8 Å². The second kappa shape index (κ2) is 3.88. The predicted molar refractivity (Wildman–Crippen MR) is 62.8 cm³/mol. The molecule has 0 heterocycles. The van der Waals surface area contributed by atoms with Crippen LogP contribution in [0.15, 0.2) is 12.2 Å². The SMILES string of the molecule is CN(C(=O)C1CC2C=CC1C2)C(C)(C)CO. The summed E-state index contributed by atoms with van der Waals surface area (Å²) in [6.45, 7) is 3.80. The van der Waals surface area contributed by atoms with Crippen molar-refractivity contribution >= 4 is 5.91 Å². The van der Waals surface area contributed by atoms with E-state index in [1.54, 1.807) is 11.9 Å². The molecule has 16 heavy (non-hydrogen) atoms. The molecule has 1 saturated carbocycles. The summed E-state index contributed by atoms with van der Waals surface area (Å²) in [7, 11) is 1.80. The maximum atomic E-state index is 12.3. The molecule has 0 radical (unpaired) electrons. The molecular formula is C13H21NO2. The molecule has 0 aromatic rings. The van der Waals surface area contributed by atoms with Gasteiger partial charge in [-0.15, -0.1) is 0 Å². The molecule has 0 aromatic heterocycles. The lowest BCUT2D eigenvalue weighted by atomic mass is 9.90. The van der Waals surface area contributed by atoms with E-state index in [9.17, 15) is 9.90 Å². The molecule has 2 bridgehead atoms. The van der Waals surface area contributed by atoms with Gasteiger partial charge < -0.3 is 10.0 Å². The summed E-state index contributed by atoms with van der Waals surface area (Å²) in [5.74, 6) is 1.39. The van der Waals surface area contributed by atoms with E-state index >= 15 is 0 Å². The Hall–Kier alpha value is -0.830. The lowest BCUT2D eigenvalue weighted by molar-refractivity contribution is -0.141. The van der Waals surface area contributed by atoms with Gasteiger partial charge in [0, 0.05) is 13.0 Å². The Kier molecular flexibility index (Phi) is 2.82. The first-order chi connectivity index (χ1) is 7.45. The lowest BCUT2D eigenvalue weighted by Gasteiger charge is -2.36. The van der Waals surface area contributed by atoms with Crippen LogP contribution in [-0.4, -0.2) is 35.1 Å². The average Bonchev–Trinajstić information content (AvgIpc) is 2.88. The molecule has 2 rings (SSSR count). The molecule has 0 saturated heterocycles. The van der Waals surface area contributed by atoms with Crippen molar-refractivity contribution in [3.8, 4) is 0 Å². The van der Waals surface area contributed by atoms with E-state index in [-0.39, 0.29) is 18.4 Å². The third kappa shape index (κ3) is 1.77. The number of aliphatic hydroxyl groups excluding tert-OH is 1. The summed E-state index contributed by atoms with van der Waals surface area (Å²) < 4.78 is 0. The van der Waals surface area contributed by atoms with E-state index in [0.29, 0.717) is 11.8 Å². The number of rotatable bonds is 3. The number of fused-ring (bicyclic) bond motifs is 2. The summed E-state index contributed by atoms with van der Waals surface area (Å²) in [4.78, 5) is 14.0. The smallest absolute Gasteiger partial charge is 0.226 e. The monoisotopic (exact) mass is 223 g/mol. The zero-order valence-corrected chi connectivity index (χ0v) is 10.3. The van der Waals surface area contributed by atoms with E-state index in [4.69, 9.17) is 0 Å². The van der Waals surface area contributed by atoms with Crippen LogP contribution in [0.5, 0.6) is 0 Å². The Bertz CT molecular complexity index is 322. The van der Waals surface area contributed by atoms with Crippen LogP contribution in [0, 0.1) is 17.8 Å². The number of hydrogen-bond acceptors (Lipinski definition) is 2. The number of carbonyl (C=O) groups is 1. The van der Waals surface area contributed by atoms with E-state index in [1.165, 1.54) is 0 Å². The Morgan fingerprint density at radius 3 is 2.56 bits per heavy atom. The lowest BCUT2D eigenvalue weighted by Crippen LogP contribution is -2.50. The Morgan fingerprint density at radius 1 is 1.44 bits per heavy atom. The fourth-order valence-corrected chi connectivity index (χ4v) is 2.72. The minimum atomic E-state index is -0.456. The van der Waals surface area contributed by atoms with Crippen molar-refractivity contribution in [2.45, 2.75) is 32.2 Å². The van der Waals surface area contributed by atoms with Crippen LogP contribution in [0.4, 0.5) is 0 Å². The molecule has 2 aliphatic rings. The predicted octanol–water partition coefficient (Wildman–Crippen LogP) is 1.43. The van der Waals surface area contributed by atoms with Crippen LogP contribution in [0.3, 0.4) is 0 Å². The van der Waals surface area contributed by atoms with Crippen LogP contribution in [0.25, 0.3) is 0 Å². The second-order valence-corrected chi connectivity index (χ2v) is 5.75. The zero-order valence-electron chi connectivity index (χ0n) is 10.3. The topological polar surface area (TPSA) is 40.5 Å². The summed E-state index contributed by atoms with van der Waals surface area (Å²) in [6, 6.07) is 0. The minimum absolute atomic E-state index is 0.00585. The maximum absolute atomic E-state index is 12.3. The van der Waals surface area contributed by atoms with Crippen molar-refractivity contribution in [1.29, 1.82) is 0 Å². The molecule has 90 valence electrons. The highest BCUT2D eigenvalue weighted by Crippen LogP contribution is 2.44. The minimum Gasteiger partial charge on any atom is -0.394 e. The van der Waals surface area contributed by atoms with Gasteiger partial charge >= 0.3 is 0 Å². The van der Waals surface area contributed by atoms with Gasteiger partial charge in [0.25, 0.3) is 0 Å². The number of amides is 1. The van der Waals surface area contributed by atoms with E-state index in [2.05, 4.69) is 12.2 Å². The molecule has 3 unspecified atom stereocenters. The van der Waals surface area contributed by atoms with Gasteiger partial charge in [0.2, 0.25) is 5.91 Å². The van der Waals surface area contributed by atoms with Gasteiger partial charge in [-0.1, -0.05) is 12.2 Å². The third-order valence-corrected chi connectivity index (χ3v) is 4.22. The first kappa shape index (κ1) is 11.6. The van der Waals surface area contributed by atoms with Gasteiger partial charge in [0.15, 0.2) is 0 Å². The fraction of sp³-hybridized carbons (Fsp3) is 0.769. The van der Waals surface area contributed by atoms with Crippen molar-refractivity contribution in [1.82, 2.24) is 4.90 Å². The first-order valence-electron chi connectivity index (χ1n) is 6.02. The molecule has 3 atom stereocenters. The van der Waals surface area contributed by atoms with Crippen molar-refractivity contribution in [3.05, 3.63) is 12.2 Å². The van der Waals surface area contributed by atoms with Crippen molar-refractivity contribution in [2.75, 3.05) is 13.7 Å². The third-order valence-electron chi connectivity index (χ3n) is 4.22. The highest BCUT2D eigenvalue weighted by atomic mass is 16.3. The number of hydrogen-bond donors (Lipinski definition) is 1. The van der Waals surface area contributed by atoms with Gasteiger partial charge in [-0.25, -0.2) is 0 Å². The number of carbonyl (C=O) groups excluding carboxylic acids is 1. The van der Waals surface area contributed by atoms with Crippen molar-refractivity contribution in [3.63, 3.8) is 0 Å². The highest BCUT2D eigenvalue weighted by molar-refractivity contribution is 5.80. The quantitative estimate of drug-likeness (QED) is 0.735. The van der Waals surface area contributed by atoms with Gasteiger partial charge in [0.1, 0.15) is 0 Å². The standard InChI is InChI=1S/C13H21NO2/c1-13(2,8-15)14(3)12(16)11-7-9-4-5-10(11)6-9/h4-5,9-11,15H,6-8H2,1-3H3. The summed E-state index contributed by atoms with van der Waals surface area (Å²) in [5, 5.41) is 9.28. The second-order valence-electron chi connectivity index (χ2n) is 5.75. The van der Waals surface area contributed by atoms with Gasteiger partial charge in [-0.2, -0.15) is 0 Å². The molecule has 3 heteroatoms. The molecule has 0 aliphatic heterocycles. The Balaban J connectivity index is 2.06. The van der Waals surface area contributed by atoms with Gasteiger partial charge in [-0.05, 0) is 38.5 Å².